The Morgan fingerprint density at radius 2 is 2.28 bits per heavy atom. The molecule has 2 aliphatic heterocycles. The Morgan fingerprint density at radius 1 is 1.39 bits per heavy atom. The molecular formula is C14H24N4. The number of nitrogens with zero attached hydrogens (tertiary/aromatic N) is 3. The maximum Gasteiger partial charge on any atom is 0.0951 e. The van der Waals surface area contributed by atoms with Crippen molar-refractivity contribution in [2.24, 2.45) is 5.73 Å². The molecule has 3 atom stereocenters. The Hall–Kier alpha value is -0.870. The number of aromatic nitrogens is 2. The highest BCUT2D eigenvalue weighted by molar-refractivity contribution is 5.07. The van der Waals surface area contributed by atoms with Crippen molar-refractivity contribution in [1.29, 1.82) is 0 Å². The van der Waals surface area contributed by atoms with Gasteiger partial charge in [0.1, 0.15) is 0 Å². The van der Waals surface area contributed by atoms with Crippen LogP contribution in [-0.2, 0) is 0 Å². The molecule has 2 fully saturated rings. The van der Waals surface area contributed by atoms with Crippen LogP contribution in [-0.4, -0.2) is 33.6 Å². The Bertz CT molecular complexity index is 400. The van der Waals surface area contributed by atoms with Crippen LogP contribution in [0.4, 0.5) is 0 Å². The lowest BCUT2D eigenvalue weighted by atomic mass is 9.97. The van der Waals surface area contributed by atoms with Crippen molar-refractivity contribution >= 4 is 0 Å². The summed E-state index contributed by atoms with van der Waals surface area (Å²) in [5.74, 6) is 0. The van der Waals surface area contributed by atoms with Gasteiger partial charge in [-0.05, 0) is 38.6 Å². The standard InChI is InChI=1S/C14H24N4/c1-2-13(15)14-9-16-10-18(14)12-5-7-17-6-3-4-11(17)8-12/h9-13H,2-8,15H2,1H3/t11?,12?,13-/m1/s1. The lowest BCUT2D eigenvalue weighted by Gasteiger charge is -2.36. The van der Waals surface area contributed by atoms with Crippen LogP contribution in [0.3, 0.4) is 0 Å². The van der Waals surface area contributed by atoms with E-state index in [9.17, 15) is 0 Å². The predicted octanol–water partition coefficient (Wildman–Crippen LogP) is 2.09. The quantitative estimate of drug-likeness (QED) is 0.891. The molecule has 1 aromatic rings. The van der Waals surface area contributed by atoms with Gasteiger partial charge in [0.15, 0.2) is 0 Å². The third kappa shape index (κ3) is 2.08. The second-order valence-corrected chi connectivity index (χ2v) is 5.75. The molecule has 3 heterocycles. The highest BCUT2D eigenvalue weighted by Crippen LogP contribution is 2.34. The van der Waals surface area contributed by atoms with Crippen LogP contribution >= 0.6 is 0 Å². The van der Waals surface area contributed by atoms with E-state index in [1.807, 2.05) is 12.5 Å². The molecule has 0 saturated carbocycles. The number of hydrogen-bond acceptors (Lipinski definition) is 3. The van der Waals surface area contributed by atoms with Crippen molar-refractivity contribution in [3.05, 3.63) is 18.2 Å². The molecule has 4 nitrogen and oxygen atoms in total. The maximum atomic E-state index is 6.18. The van der Waals surface area contributed by atoms with E-state index in [-0.39, 0.29) is 6.04 Å². The van der Waals surface area contributed by atoms with Crippen LogP contribution in [0, 0.1) is 0 Å². The van der Waals surface area contributed by atoms with E-state index < -0.39 is 0 Å². The average Bonchev–Trinajstić information content (AvgIpc) is 3.05. The number of rotatable bonds is 3. The highest BCUT2D eigenvalue weighted by atomic mass is 15.2. The van der Waals surface area contributed by atoms with Gasteiger partial charge in [0, 0.05) is 30.9 Å². The number of imidazole rings is 1. The highest BCUT2D eigenvalue weighted by Gasteiger charge is 2.33. The van der Waals surface area contributed by atoms with E-state index in [4.69, 9.17) is 5.73 Å². The molecule has 0 radical (unpaired) electrons. The first-order valence-electron chi connectivity index (χ1n) is 7.31. The minimum absolute atomic E-state index is 0.133. The minimum atomic E-state index is 0.133. The molecule has 100 valence electrons. The summed E-state index contributed by atoms with van der Waals surface area (Å²) < 4.78 is 2.35. The summed E-state index contributed by atoms with van der Waals surface area (Å²) in [7, 11) is 0. The summed E-state index contributed by atoms with van der Waals surface area (Å²) in [6, 6.07) is 1.55. The first-order valence-corrected chi connectivity index (χ1v) is 7.31. The molecule has 0 amide bonds. The summed E-state index contributed by atoms with van der Waals surface area (Å²) in [6.07, 6.45) is 10.2. The van der Waals surface area contributed by atoms with Crippen molar-refractivity contribution in [2.75, 3.05) is 13.1 Å². The molecular weight excluding hydrogens is 224 g/mol. The fraction of sp³-hybridized carbons (Fsp3) is 0.786. The smallest absolute Gasteiger partial charge is 0.0951 e. The fourth-order valence-corrected chi connectivity index (χ4v) is 3.57. The molecule has 18 heavy (non-hydrogen) atoms. The zero-order valence-corrected chi connectivity index (χ0v) is 11.3. The van der Waals surface area contributed by atoms with Crippen LogP contribution in [0.2, 0.25) is 0 Å². The maximum absolute atomic E-state index is 6.18. The van der Waals surface area contributed by atoms with Crippen LogP contribution in [0.15, 0.2) is 12.5 Å². The average molecular weight is 248 g/mol. The van der Waals surface area contributed by atoms with Gasteiger partial charge >= 0.3 is 0 Å². The normalized spacial score (nSPS) is 30.3. The monoisotopic (exact) mass is 248 g/mol. The van der Waals surface area contributed by atoms with E-state index in [0.29, 0.717) is 6.04 Å². The van der Waals surface area contributed by atoms with E-state index in [1.165, 1.54) is 44.5 Å². The van der Waals surface area contributed by atoms with Crippen molar-refractivity contribution in [1.82, 2.24) is 14.5 Å². The molecule has 2 unspecified atom stereocenters. The molecule has 0 bridgehead atoms. The van der Waals surface area contributed by atoms with Crippen LogP contribution in [0.5, 0.6) is 0 Å². The molecule has 0 aromatic carbocycles. The van der Waals surface area contributed by atoms with Gasteiger partial charge in [-0.1, -0.05) is 6.92 Å². The second kappa shape index (κ2) is 5.02. The molecule has 0 spiro atoms. The van der Waals surface area contributed by atoms with Gasteiger partial charge in [-0.25, -0.2) is 4.98 Å². The Labute approximate surface area is 109 Å². The first-order chi connectivity index (χ1) is 8.79. The summed E-state index contributed by atoms with van der Waals surface area (Å²) in [6.45, 7) is 4.69. The van der Waals surface area contributed by atoms with Crippen LogP contribution < -0.4 is 5.73 Å². The molecule has 4 heteroatoms. The van der Waals surface area contributed by atoms with E-state index in [2.05, 4.69) is 21.4 Å². The van der Waals surface area contributed by atoms with Crippen molar-refractivity contribution < 1.29 is 0 Å². The zero-order valence-electron chi connectivity index (χ0n) is 11.3. The van der Waals surface area contributed by atoms with Crippen LogP contribution in [0.25, 0.3) is 0 Å². The van der Waals surface area contributed by atoms with Crippen molar-refractivity contribution in [3.63, 3.8) is 0 Å². The van der Waals surface area contributed by atoms with Crippen LogP contribution in [0.1, 0.15) is 56.8 Å². The number of nitrogens with two attached hydrogens (primary N) is 1. The largest absolute Gasteiger partial charge is 0.330 e. The Kier molecular flexibility index (Phi) is 3.39. The Balaban J connectivity index is 1.77. The number of hydrogen-bond donors (Lipinski definition) is 1. The van der Waals surface area contributed by atoms with E-state index >= 15 is 0 Å². The molecule has 2 N–H and O–H groups in total. The molecule has 0 aliphatic carbocycles. The van der Waals surface area contributed by atoms with Gasteiger partial charge in [-0.3, -0.25) is 0 Å². The van der Waals surface area contributed by atoms with Crippen molar-refractivity contribution in [3.8, 4) is 0 Å². The van der Waals surface area contributed by atoms with E-state index in [1.54, 1.807) is 0 Å². The van der Waals surface area contributed by atoms with Gasteiger partial charge in [0.2, 0.25) is 0 Å². The van der Waals surface area contributed by atoms with Gasteiger partial charge in [0.25, 0.3) is 0 Å². The minimum Gasteiger partial charge on any atom is -0.330 e. The summed E-state index contributed by atoms with van der Waals surface area (Å²) in [5, 5.41) is 0. The zero-order chi connectivity index (χ0) is 12.5. The third-order valence-corrected chi connectivity index (χ3v) is 4.70. The van der Waals surface area contributed by atoms with E-state index in [0.717, 1.165) is 12.5 Å². The lowest BCUT2D eigenvalue weighted by Crippen LogP contribution is -2.39. The summed E-state index contributed by atoms with van der Waals surface area (Å²) >= 11 is 0. The van der Waals surface area contributed by atoms with Gasteiger partial charge in [-0.15, -0.1) is 0 Å². The SMILES string of the molecule is CC[C@@H](N)c1cncn1C1CCN2CCCC2C1. The summed E-state index contributed by atoms with van der Waals surface area (Å²) in [5.41, 5.74) is 7.40. The van der Waals surface area contributed by atoms with Gasteiger partial charge in [0.05, 0.1) is 12.0 Å². The second-order valence-electron chi connectivity index (χ2n) is 5.75. The molecule has 2 saturated heterocycles. The Morgan fingerprint density at radius 3 is 3.11 bits per heavy atom. The fourth-order valence-electron chi connectivity index (χ4n) is 3.57. The molecule has 2 aliphatic rings. The lowest BCUT2D eigenvalue weighted by molar-refractivity contribution is 0.153. The number of piperidine rings is 1. The molecule has 3 rings (SSSR count). The third-order valence-electron chi connectivity index (χ3n) is 4.70. The topological polar surface area (TPSA) is 47.1 Å². The predicted molar refractivity (Wildman–Crippen MR) is 72.3 cm³/mol. The molecule has 1 aromatic heterocycles. The number of fused-ring (bicyclic) bond motifs is 1. The van der Waals surface area contributed by atoms with Gasteiger partial charge < -0.3 is 15.2 Å². The van der Waals surface area contributed by atoms with Crippen molar-refractivity contribution in [2.45, 2.75) is 57.2 Å². The van der Waals surface area contributed by atoms with Gasteiger partial charge in [-0.2, -0.15) is 0 Å². The summed E-state index contributed by atoms with van der Waals surface area (Å²) in [4.78, 5) is 6.98. The first kappa shape index (κ1) is 12.2.